The fraction of sp³-hybridized carbons (Fsp3) is 0.846. The smallest absolute Gasteiger partial charge is 0.0827 e. The molecule has 0 saturated heterocycles. The zero-order chi connectivity index (χ0) is 12.5. The number of hydrogen-bond donors (Lipinski definition) is 0. The van der Waals surface area contributed by atoms with Gasteiger partial charge in [0.25, 0.3) is 0 Å². The monoisotopic (exact) mass is 349 g/mol. The molecule has 1 aromatic heterocycles. The lowest BCUT2D eigenvalue weighted by atomic mass is 10.1. The van der Waals surface area contributed by atoms with E-state index in [9.17, 15) is 0 Å². The predicted molar refractivity (Wildman–Crippen MR) is 80.5 cm³/mol. The largest absolute Gasteiger partial charge is 0.252 e. The van der Waals surface area contributed by atoms with Crippen LogP contribution in [0.25, 0.3) is 0 Å². The molecule has 0 bridgehead atoms. The minimum atomic E-state index is 0.784. The van der Waals surface area contributed by atoms with Crippen molar-refractivity contribution in [2.75, 3.05) is 4.43 Å². The van der Waals surface area contributed by atoms with Gasteiger partial charge in [0.1, 0.15) is 0 Å². The van der Waals surface area contributed by atoms with E-state index in [1.54, 1.807) is 0 Å². The summed E-state index contributed by atoms with van der Waals surface area (Å²) in [6.45, 7) is 5.54. The maximum Gasteiger partial charge on any atom is 0.0827 e. The molecule has 3 nitrogen and oxygen atoms in total. The van der Waals surface area contributed by atoms with Crippen molar-refractivity contribution in [3.63, 3.8) is 0 Å². The Hall–Kier alpha value is -0.130. The molecule has 0 spiro atoms. The summed E-state index contributed by atoms with van der Waals surface area (Å²) in [5.41, 5.74) is 1.16. The van der Waals surface area contributed by atoms with Crippen LogP contribution in [0.3, 0.4) is 0 Å². The summed E-state index contributed by atoms with van der Waals surface area (Å²) < 4.78 is 3.26. The molecule has 0 radical (unpaired) electrons. The van der Waals surface area contributed by atoms with Crippen molar-refractivity contribution in [3.05, 3.63) is 11.9 Å². The molecule has 0 N–H and O–H groups in total. The topological polar surface area (TPSA) is 30.7 Å². The Morgan fingerprint density at radius 2 is 2.06 bits per heavy atom. The molecular formula is C13H24IN3. The molecule has 17 heavy (non-hydrogen) atoms. The zero-order valence-corrected chi connectivity index (χ0v) is 13.2. The SMILES string of the molecule is CC(C)CCCn1cc(CCCCCI)nn1. The first-order chi connectivity index (χ1) is 8.22. The molecule has 0 aromatic carbocycles. The van der Waals surface area contributed by atoms with E-state index in [2.05, 4.69) is 52.9 Å². The van der Waals surface area contributed by atoms with Gasteiger partial charge >= 0.3 is 0 Å². The Balaban J connectivity index is 2.18. The van der Waals surface area contributed by atoms with Gasteiger partial charge in [-0.05, 0) is 42.4 Å². The van der Waals surface area contributed by atoms with Crippen LogP contribution < -0.4 is 0 Å². The molecule has 1 rings (SSSR count). The Bertz CT molecular complexity index is 297. The average Bonchev–Trinajstić information content (AvgIpc) is 2.72. The van der Waals surface area contributed by atoms with Gasteiger partial charge in [0.2, 0.25) is 0 Å². The van der Waals surface area contributed by atoms with Crippen LogP contribution in [0.4, 0.5) is 0 Å². The van der Waals surface area contributed by atoms with E-state index in [1.165, 1.54) is 36.5 Å². The van der Waals surface area contributed by atoms with Crippen molar-refractivity contribution in [2.24, 2.45) is 5.92 Å². The first-order valence-electron chi connectivity index (χ1n) is 6.67. The Labute approximate surface area is 119 Å². The molecule has 0 amide bonds. The summed E-state index contributed by atoms with van der Waals surface area (Å²) in [6.07, 6.45) is 9.55. The third-order valence-corrected chi connectivity index (χ3v) is 3.58. The van der Waals surface area contributed by atoms with E-state index in [1.807, 2.05) is 4.68 Å². The van der Waals surface area contributed by atoms with Gasteiger partial charge in [-0.1, -0.05) is 48.1 Å². The van der Waals surface area contributed by atoms with Gasteiger partial charge in [0.05, 0.1) is 5.69 Å². The van der Waals surface area contributed by atoms with E-state index < -0.39 is 0 Å². The molecule has 0 saturated carbocycles. The summed E-state index contributed by atoms with van der Waals surface area (Å²) in [4.78, 5) is 0. The van der Waals surface area contributed by atoms with Crippen LogP contribution >= 0.6 is 22.6 Å². The zero-order valence-electron chi connectivity index (χ0n) is 11.0. The summed E-state index contributed by atoms with van der Waals surface area (Å²) in [5.74, 6) is 0.784. The highest BCUT2D eigenvalue weighted by atomic mass is 127. The van der Waals surface area contributed by atoms with E-state index in [-0.39, 0.29) is 0 Å². The lowest BCUT2D eigenvalue weighted by molar-refractivity contribution is 0.482. The highest BCUT2D eigenvalue weighted by Crippen LogP contribution is 2.07. The maximum absolute atomic E-state index is 4.22. The molecule has 0 aliphatic carbocycles. The van der Waals surface area contributed by atoms with Crippen molar-refractivity contribution < 1.29 is 0 Å². The third kappa shape index (κ3) is 7.01. The van der Waals surface area contributed by atoms with Gasteiger partial charge < -0.3 is 0 Å². The van der Waals surface area contributed by atoms with Gasteiger partial charge in [0.15, 0.2) is 0 Å². The number of aryl methyl sites for hydroxylation is 2. The number of hydrogen-bond acceptors (Lipinski definition) is 2. The number of rotatable bonds is 9. The minimum absolute atomic E-state index is 0.784. The second-order valence-electron chi connectivity index (χ2n) is 5.01. The van der Waals surface area contributed by atoms with Crippen LogP contribution in [0.2, 0.25) is 0 Å². The molecule has 0 fully saturated rings. The second-order valence-corrected chi connectivity index (χ2v) is 6.09. The standard InChI is InChI=1S/C13H24IN3/c1-12(2)7-6-10-17-11-13(15-16-17)8-4-3-5-9-14/h11-12H,3-10H2,1-2H3. The summed E-state index contributed by atoms with van der Waals surface area (Å²) in [5, 5.41) is 8.40. The van der Waals surface area contributed by atoms with Crippen molar-refractivity contribution in [2.45, 2.75) is 58.9 Å². The van der Waals surface area contributed by atoms with Crippen molar-refractivity contribution >= 4 is 22.6 Å². The van der Waals surface area contributed by atoms with Crippen molar-refractivity contribution in [1.82, 2.24) is 15.0 Å². The van der Waals surface area contributed by atoms with Gasteiger partial charge in [-0.25, -0.2) is 0 Å². The minimum Gasteiger partial charge on any atom is -0.252 e. The summed E-state index contributed by atoms with van der Waals surface area (Å²) in [7, 11) is 0. The molecule has 4 heteroatoms. The van der Waals surface area contributed by atoms with Crippen LogP contribution in [-0.2, 0) is 13.0 Å². The number of halogens is 1. The Kier molecular flexibility index (Phi) is 7.81. The first-order valence-corrected chi connectivity index (χ1v) is 8.20. The van der Waals surface area contributed by atoms with Crippen LogP contribution in [0.5, 0.6) is 0 Å². The van der Waals surface area contributed by atoms with E-state index in [0.29, 0.717) is 0 Å². The van der Waals surface area contributed by atoms with Crippen molar-refractivity contribution in [3.8, 4) is 0 Å². The number of unbranched alkanes of at least 4 members (excludes halogenated alkanes) is 2. The number of alkyl halides is 1. The van der Waals surface area contributed by atoms with E-state index in [0.717, 1.165) is 24.6 Å². The second kappa shape index (κ2) is 8.89. The molecule has 0 atom stereocenters. The Morgan fingerprint density at radius 1 is 1.24 bits per heavy atom. The van der Waals surface area contributed by atoms with Gasteiger partial charge in [-0.3, -0.25) is 4.68 Å². The van der Waals surface area contributed by atoms with E-state index >= 15 is 0 Å². The number of nitrogens with zero attached hydrogens (tertiary/aromatic N) is 3. The first kappa shape index (κ1) is 14.9. The molecular weight excluding hydrogens is 325 g/mol. The molecule has 0 aliphatic heterocycles. The lowest BCUT2D eigenvalue weighted by Gasteiger charge is -2.03. The average molecular weight is 349 g/mol. The number of aromatic nitrogens is 3. The molecule has 1 heterocycles. The quantitative estimate of drug-likeness (QED) is 0.385. The van der Waals surface area contributed by atoms with Crippen LogP contribution in [0, 0.1) is 5.92 Å². The third-order valence-electron chi connectivity index (χ3n) is 2.82. The highest BCUT2D eigenvalue weighted by molar-refractivity contribution is 14.1. The fourth-order valence-electron chi connectivity index (χ4n) is 1.80. The van der Waals surface area contributed by atoms with Gasteiger partial charge in [0, 0.05) is 12.7 Å². The molecule has 0 aliphatic rings. The highest BCUT2D eigenvalue weighted by Gasteiger charge is 2.01. The van der Waals surface area contributed by atoms with E-state index in [4.69, 9.17) is 0 Å². The van der Waals surface area contributed by atoms with Crippen molar-refractivity contribution in [1.29, 1.82) is 0 Å². The van der Waals surface area contributed by atoms with Crippen LogP contribution in [0.15, 0.2) is 6.20 Å². The van der Waals surface area contributed by atoms with Gasteiger partial charge in [-0.2, -0.15) is 0 Å². The Morgan fingerprint density at radius 3 is 2.76 bits per heavy atom. The molecule has 98 valence electrons. The molecule has 0 unspecified atom stereocenters. The van der Waals surface area contributed by atoms with Crippen LogP contribution in [-0.4, -0.2) is 19.4 Å². The lowest BCUT2D eigenvalue weighted by Crippen LogP contribution is -2.00. The maximum atomic E-state index is 4.22. The molecule has 1 aromatic rings. The van der Waals surface area contributed by atoms with Gasteiger partial charge in [-0.15, -0.1) is 5.10 Å². The normalized spacial score (nSPS) is 11.3. The fourth-order valence-corrected chi connectivity index (χ4v) is 2.34. The predicted octanol–water partition coefficient (Wildman–Crippen LogP) is 3.86. The summed E-state index contributed by atoms with van der Waals surface area (Å²) in [6, 6.07) is 0. The summed E-state index contributed by atoms with van der Waals surface area (Å²) >= 11 is 2.43. The van der Waals surface area contributed by atoms with Crippen LogP contribution in [0.1, 0.15) is 51.6 Å².